The van der Waals surface area contributed by atoms with E-state index in [0.717, 1.165) is 18.9 Å². The van der Waals surface area contributed by atoms with Crippen LogP contribution in [0, 0.1) is 11.7 Å². The zero-order valence-electron chi connectivity index (χ0n) is 11.0. The number of anilines is 1. The molecule has 1 heterocycles. The molecule has 1 fully saturated rings. The van der Waals surface area contributed by atoms with Gasteiger partial charge in [-0.1, -0.05) is 0 Å². The summed E-state index contributed by atoms with van der Waals surface area (Å²) in [5.41, 5.74) is 5.68. The quantitative estimate of drug-likeness (QED) is 0.877. The average Bonchev–Trinajstić information content (AvgIpc) is 2.39. The number of amides is 1. The highest BCUT2D eigenvalue weighted by Gasteiger charge is 2.23. The molecule has 2 rings (SSSR count). The maximum absolute atomic E-state index is 14.0. The summed E-state index contributed by atoms with van der Waals surface area (Å²) < 4.78 is 14.0. The Labute approximate surface area is 116 Å². The van der Waals surface area contributed by atoms with Crippen LogP contribution in [0.5, 0.6) is 0 Å². The number of carboxylic acid groups (broad SMARTS) is 1. The smallest absolute Gasteiger partial charge is 0.303 e. The van der Waals surface area contributed by atoms with Gasteiger partial charge in [-0.2, -0.15) is 0 Å². The summed E-state index contributed by atoms with van der Waals surface area (Å²) in [5, 5.41) is 8.76. The van der Waals surface area contributed by atoms with Gasteiger partial charge in [-0.15, -0.1) is 0 Å². The Morgan fingerprint density at radius 1 is 1.35 bits per heavy atom. The first kappa shape index (κ1) is 14.3. The van der Waals surface area contributed by atoms with Crippen molar-refractivity contribution in [2.45, 2.75) is 19.3 Å². The van der Waals surface area contributed by atoms with Gasteiger partial charge in [0, 0.05) is 25.1 Å². The number of piperidine rings is 1. The van der Waals surface area contributed by atoms with Crippen molar-refractivity contribution in [2.24, 2.45) is 11.7 Å². The molecule has 3 N–H and O–H groups in total. The van der Waals surface area contributed by atoms with Gasteiger partial charge in [0.2, 0.25) is 5.91 Å². The third-order valence-corrected chi connectivity index (χ3v) is 3.65. The summed E-state index contributed by atoms with van der Waals surface area (Å²) in [5.74, 6) is -1.77. The minimum atomic E-state index is -0.791. The van der Waals surface area contributed by atoms with Gasteiger partial charge < -0.3 is 15.7 Å². The molecule has 0 aromatic heterocycles. The third-order valence-electron chi connectivity index (χ3n) is 3.65. The van der Waals surface area contributed by atoms with Crippen molar-refractivity contribution in [2.75, 3.05) is 18.0 Å². The molecule has 0 saturated carbocycles. The van der Waals surface area contributed by atoms with Crippen LogP contribution in [0.15, 0.2) is 18.2 Å². The molecule has 108 valence electrons. The Hall–Kier alpha value is -2.11. The molecule has 0 atom stereocenters. The number of hydrogen-bond donors (Lipinski definition) is 2. The minimum Gasteiger partial charge on any atom is -0.481 e. The topological polar surface area (TPSA) is 83.6 Å². The summed E-state index contributed by atoms with van der Waals surface area (Å²) in [6.07, 6.45) is 1.61. The van der Waals surface area contributed by atoms with Gasteiger partial charge in [0.05, 0.1) is 5.69 Å². The molecular formula is C14H17FN2O3. The SMILES string of the molecule is NC(=O)c1ccc(N2CCC(CC(=O)O)CC2)c(F)c1. The standard InChI is InChI=1S/C14H17FN2O3/c15-11-8-10(14(16)20)1-2-12(11)17-5-3-9(4-6-17)7-13(18)19/h1-2,8-9H,3-7H2,(H2,16,20)(H,18,19). The van der Waals surface area contributed by atoms with Crippen molar-refractivity contribution in [3.05, 3.63) is 29.6 Å². The van der Waals surface area contributed by atoms with Gasteiger partial charge in [-0.3, -0.25) is 9.59 Å². The van der Waals surface area contributed by atoms with Gasteiger partial charge in [0.1, 0.15) is 5.82 Å². The summed E-state index contributed by atoms with van der Waals surface area (Å²) in [7, 11) is 0. The monoisotopic (exact) mass is 280 g/mol. The van der Waals surface area contributed by atoms with E-state index in [1.54, 1.807) is 6.07 Å². The summed E-state index contributed by atoms with van der Waals surface area (Å²) in [4.78, 5) is 23.5. The second-order valence-electron chi connectivity index (χ2n) is 5.06. The average molecular weight is 280 g/mol. The fraction of sp³-hybridized carbons (Fsp3) is 0.429. The van der Waals surface area contributed by atoms with Crippen molar-refractivity contribution in [3.8, 4) is 0 Å². The number of carbonyl (C=O) groups excluding carboxylic acids is 1. The molecule has 0 unspecified atom stereocenters. The molecule has 0 bridgehead atoms. The molecular weight excluding hydrogens is 263 g/mol. The zero-order valence-corrected chi connectivity index (χ0v) is 11.0. The number of nitrogens with two attached hydrogens (primary N) is 1. The Morgan fingerprint density at radius 3 is 2.50 bits per heavy atom. The number of nitrogens with zero attached hydrogens (tertiary/aromatic N) is 1. The van der Waals surface area contributed by atoms with E-state index in [-0.39, 0.29) is 17.9 Å². The number of carbonyl (C=O) groups is 2. The van der Waals surface area contributed by atoms with Crippen LogP contribution in [-0.2, 0) is 4.79 Å². The minimum absolute atomic E-state index is 0.145. The van der Waals surface area contributed by atoms with E-state index < -0.39 is 17.7 Å². The van der Waals surface area contributed by atoms with Crippen LogP contribution < -0.4 is 10.6 Å². The maximum Gasteiger partial charge on any atom is 0.303 e. The predicted octanol–water partition coefficient (Wildman–Crippen LogP) is 1.62. The van der Waals surface area contributed by atoms with Crippen molar-refractivity contribution >= 4 is 17.6 Å². The summed E-state index contributed by atoms with van der Waals surface area (Å²) in [6.45, 7) is 1.23. The zero-order chi connectivity index (χ0) is 14.7. The number of benzene rings is 1. The van der Waals surface area contributed by atoms with E-state index in [1.807, 2.05) is 4.90 Å². The first-order chi connectivity index (χ1) is 9.47. The highest BCUT2D eigenvalue weighted by molar-refractivity contribution is 5.93. The van der Waals surface area contributed by atoms with Crippen LogP contribution in [0.1, 0.15) is 29.6 Å². The molecule has 20 heavy (non-hydrogen) atoms. The van der Waals surface area contributed by atoms with E-state index in [4.69, 9.17) is 10.8 Å². The van der Waals surface area contributed by atoms with Crippen LogP contribution in [0.25, 0.3) is 0 Å². The van der Waals surface area contributed by atoms with Crippen molar-refractivity contribution in [1.82, 2.24) is 0 Å². The predicted molar refractivity (Wildman–Crippen MR) is 72.1 cm³/mol. The molecule has 6 heteroatoms. The number of hydrogen-bond acceptors (Lipinski definition) is 3. The van der Waals surface area contributed by atoms with Gasteiger partial charge in [-0.05, 0) is 37.0 Å². The number of primary amides is 1. The fourth-order valence-electron chi connectivity index (χ4n) is 2.54. The van der Waals surface area contributed by atoms with Crippen LogP contribution in [-0.4, -0.2) is 30.1 Å². The molecule has 0 spiro atoms. The molecule has 0 radical (unpaired) electrons. The number of halogens is 1. The number of rotatable bonds is 4. The molecule has 0 aliphatic carbocycles. The lowest BCUT2D eigenvalue weighted by molar-refractivity contribution is -0.138. The number of carboxylic acids is 1. The Kier molecular flexibility index (Phi) is 4.22. The Balaban J connectivity index is 2.03. The number of aliphatic carboxylic acids is 1. The fourth-order valence-corrected chi connectivity index (χ4v) is 2.54. The van der Waals surface area contributed by atoms with Crippen LogP contribution in [0.3, 0.4) is 0 Å². The lowest BCUT2D eigenvalue weighted by Crippen LogP contribution is -2.35. The van der Waals surface area contributed by atoms with E-state index in [9.17, 15) is 14.0 Å². The van der Waals surface area contributed by atoms with Crippen molar-refractivity contribution in [1.29, 1.82) is 0 Å². The second kappa shape index (κ2) is 5.90. The normalized spacial score (nSPS) is 16.1. The lowest BCUT2D eigenvalue weighted by atomic mass is 9.93. The highest BCUT2D eigenvalue weighted by atomic mass is 19.1. The maximum atomic E-state index is 14.0. The molecule has 1 amide bonds. The molecule has 1 aromatic rings. The van der Waals surface area contributed by atoms with Gasteiger partial charge in [0.25, 0.3) is 0 Å². The molecule has 1 aliphatic rings. The van der Waals surface area contributed by atoms with Crippen LogP contribution in [0.2, 0.25) is 0 Å². The third kappa shape index (κ3) is 3.26. The van der Waals surface area contributed by atoms with Gasteiger partial charge in [0.15, 0.2) is 0 Å². The van der Waals surface area contributed by atoms with Gasteiger partial charge in [-0.25, -0.2) is 4.39 Å². The van der Waals surface area contributed by atoms with Crippen LogP contribution >= 0.6 is 0 Å². The highest BCUT2D eigenvalue weighted by Crippen LogP contribution is 2.27. The van der Waals surface area contributed by atoms with Gasteiger partial charge >= 0.3 is 5.97 Å². The van der Waals surface area contributed by atoms with E-state index in [0.29, 0.717) is 18.8 Å². The molecule has 1 saturated heterocycles. The van der Waals surface area contributed by atoms with E-state index in [1.165, 1.54) is 6.07 Å². The Bertz CT molecular complexity index is 525. The second-order valence-corrected chi connectivity index (χ2v) is 5.06. The van der Waals surface area contributed by atoms with E-state index >= 15 is 0 Å². The molecule has 1 aliphatic heterocycles. The van der Waals surface area contributed by atoms with E-state index in [2.05, 4.69) is 0 Å². The lowest BCUT2D eigenvalue weighted by Gasteiger charge is -2.33. The summed E-state index contributed by atoms with van der Waals surface area (Å²) in [6, 6.07) is 4.19. The van der Waals surface area contributed by atoms with Crippen molar-refractivity contribution < 1.29 is 19.1 Å². The first-order valence-electron chi connectivity index (χ1n) is 6.53. The largest absolute Gasteiger partial charge is 0.481 e. The molecule has 1 aromatic carbocycles. The first-order valence-corrected chi connectivity index (χ1v) is 6.53. The molecule has 5 nitrogen and oxygen atoms in total. The Morgan fingerprint density at radius 2 is 2.00 bits per heavy atom. The van der Waals surface area contributed by atoms with Crippen molar-refractivity contribution in [3.63, 3.8) is 0 Å². The summed E-state index contributed by atoms with van der Waals surface area (Å²) >= 11 is 0. The van der Waals surface area contributed by atoms with Crippen LogP contribution in [0.4, 0.5) is 10.1 Å².